The van der Waals surface area contributed by atoms with Gasteiger partial charge in [-0.15, -0.1) is 0 Å². The topological polar surface area (TPSA) is 57.2 Å². The third kappa shape index (κ3) is 4.78. The molecular formula is C31H23Cl2N3O. The quantitative estimate of drug-likeness (QED) is 0.250. The van der Waals surface area contributed by atoms with Crippen molar-refractivity contribution in [3.05, 3.63) is 140 Å². The maximum absolute atomic E-state index is 13.4. The van der Waals surface area contributed by atoms with Crippen molar-refractivity contribution in [2.75, 3.05) is 0 Å². The first-order valence-corrected chi connectivity index (χ1v) is 12.9. The minimum absolute atomic E-state index is 0.0201. The summed E-state index contributed by atoms with van der Waals surface area (Å²) in [7, 11) is 0. The van der Waals surface area contributed by atoms with Gasteiger partial charge in [-0.05, 0) is 64.6 Å². The van der Waals surface area contributed by atoms with Gasteiger partial charge in [0.1, 0.15) is 0 Å². The van der Waals surface area contributed by atoms with Gasteiger partial charge in [-0.1, -0.05) is 89.9 Å². The Bertz CT molecular complexity index is 1680. The molecule has 0 aliphatic carbocycles. The molecule has 0 bridgehead atoms. The highest BCUT2D eigenvalue weighted by molar-refractivity contribution is 6.31. The Kier molecular flexibility index (Phi) is 6.29. The van der Waals surface area contributed by atoms with Crippen LogP contribution in [0.4, 0.5) is 0 Å². The third-order valence-electron chi connectivity index (χ3n) is 6.84. The molecule has 1 aliphatic heterocycles. The van der Waals surface area contributed by atoms with Crippen molar-refractivity contribution in [2.45, 2.75) is 18.9 Å². The van der Waals surface area contributed by atoms with Crippen LogP contribution in [0, 0.1) is 0 Å². The van der Waals surface area contributed by atoms with E-state index in [1.807, 2.05) is 54.6 Å². The molecule has 1 aliphatic rings. The SMILES string of the molecule is O=c1[nH]c2ccc(Cl)cc2c(Cc2ccccc2)c1C1=NNC(c2ccc(-c3ccc(Cl)cc3)cc2)C1. The number of aromatic amines is 1. The Morgan fingerprint density at radius 2 is 1.49 bits per heavy atom. The van der Waals surface area contributed by atoms with Gasteiger partial charge in [-0.3, -0.25) is 4.79 Å². The Morgan fingerprint density at radius 1 is 0.811 bits per heavy atom. The molecule has 4 nitrogen and oxygen atoms in total. The lowest BCUT2D eigenvalue weighted by atomic mass is 9.91. The van der Waals surface area contributed by atoms with Crippen LogP contribution in [0.1, 0.15) is 34.7 Å². The molecule has 5 aromatic rings. The number of H-pyrrole nitrogens is 1. The zero-order valence-electron chi connectivity index (χ0n) is 19.8. The van der Waals surface area contributed by atoms with E-state index < -0.39 is 0 Å². The van der Waals surface area contributed by atoms with Crippen LogP contribution in [0.3, 0.4) is 0 Å². The molecule has 2 N–H and O–H groups in total. The highest BCUT2D eigenvalue weighted by Crippen LogP contribution is 2.31. The molecule has 0 spiro atoms. The molecular weight excluding hydrogens is 501 g/mol. The highest BCUT2D eigenvalue weighted by Gasteiger charge is 2.26. The van der Waals surface area contributed by atoms with E-state index in [1.54, 1.807) is 6.07 Å². The summed E-state index contributed by atoms with van der Waals surface area (Å²) in [4.78, 5) is 16.4. The van der Waals surface area contributed by atoms with Crippen LogP contribution in [0.2, 0.25) is 10.0 Å². The number of aromatic nitrogens is 1. The van der Waals surface area contributed by atoms with Crippen LogP contribution >= 0.6 is 23.2 Å². The van der Waals surface area contributed by atoms with Crippen LogP contribution in [-0.2, 0) is 6.42 Å². The molecule has 1 aromatic heterocycles. The first kappa shape index (κ1) is 23.5. The average molecular weight is 524 g/mol. The largest absolute Gasteiger partial charge is 0.321 e. The smallest absolute Gasteiger partial charge is 0.257 e. The van der Waals surface area contributed by atoms with E-state index in [9.17, 15) is 4.79 Å². The van der Waals surface area contributed by atoms with Crippen molar-refractivity contribution in [2.24, 2.45) is 5.10 Å². The summed E-state index contributed by atoms with van der Waals surface area (Å²) in [6.07, 6.45) is 1.22. The number of benzene rings is 4. The first-order valence-electron chi connectivity index (χ1n) is 12.1. The fraction of sp³-hybridized carbons (Fsp3) is 0.0968. The molecule has 1 atom stereocenters. The Balaban J connectivity index is 1.33. The molecule has 1 unspecified atom stereocenters. The van der Waals surface area contributed by atoms with E-state index in [1.165, 1.54) is 0 Å². The van der Waals surface area contributed by atoms with Crippen LogP contribution in [-0.4, -0.2) is 10.7 Å². The number of hydrogen-bond donors (Lipinski definition) is 2. The zero-order valence-corrected chi connectivity index (χ0v) is 21.4. The molecule has 2 heterocycles. The maximum atomic E-state index is 13.4. The van der Waals surface area contributed by atoms with Gasteiger partial charge in [0.2, 0.25) is 0 Å². The number of halogens is 2. The lowest BCUT2D eigenvalue weighted by molar-refractivity contribution is 0.620. The lowest BCUT2D eigenvalue weighted by Gasteiger charge is -2.14. The molecule has 0 fully saturated rings. The standard InChI is InChI=1S/C31H23Cl2N3O/c32-23-12-10-21(11-13-23)20-6-8-22(9-7-20)28-18-29(36-35-28)30-26(16-19-4-2-1-3-5-19)25-17-24(33)14-15-27(25)34-31(30)37/h1-15,17,28,35H,16,18H2,(H,34,37). The van der Waals surface area contributed by atoms with Crippen molar-refractivity contribution in [1.82, 2.24) is 10.4 Å². The number of nitrogens with one attached hydrogen (secondary N) is 2. The average Bonchev–Trinajstić information content (AvgIpc) is 3.40. The second kappa shape index (κ2) is 9.89. The molecule has 0 saturated heterocycles. The van der Waals surface area contributed by atoms with Gasteiger partial charge < -0.3 is 10.4 Å². The van der Waals surface area contributed by atoms with Crippen molar-refractivity contribution in [1.29, 1.82) is 0 Å². The Labute approximate surface area is 224 Å². The fourth-order valence-electron chi connectivity index (χ4n) is 4.96. The number of hydrazone groups is 1. The molecule has 182 valence electrons. The minimum Gasteiger partial charge on any atom is -0.321 e. The summed E-state index contributed by atoms with van der Waals surface area (Å²) < 4.78 is 0. The Morgan fingerprint density at radius 3 is 2.22 bits per heavy atom. The maximum Gasteiger partial charge on any atom is 0.257 e. The number of fused-ring (bicyclic) bond motifs is 1. The summed E-state index contributed by atoms with van der Waals surface area (Å²) >= 11 is 12.4. The third-order valence-corrected chi connectivity index (χ3v) is 7.33. The molecule has 4 aromatic carbocycles. The molecule has 37 heavy (non-hydrogen) atoms. The Hall–Kier alpha value is -3.86. The van der Waals surface area contributed by atoms with Crippen molar-refractivity contribution >= 4 is 39.8 Å². The second-order valence-electron chi connectivity index (χ2n) is 9.23. The van der Waals surface area contributed by atoms with E-state index >= 15 is 0 Å². The van der Waals surface area contributed by atoms with Crippen LogP contribution in [0.5, 0.6) is 0 Å². The zero-order chi connectivity index (χ0) is 25.4. The number of pyridine rings is 1. The van der Waals surface area contributed by atoms with Crippen molar-refractivity contribution in [3.63, 3.8) is 0 Å². The molecule has 0 amide bonds. The van der Waals surface area contributed by atoms with Gasteiger partial charge in [0.05, 0.1) is 17.3 Å². The van der Waals surface area contributed by atoms with E-state index in [0.29, 0.717) is 23.4 Å². The van der Waals surface area contributed by atoms with Gasteiger partial charge in [-0.25, -0.2) is 0 Å². The van der Waals surface area contributed by atoms with Gasteiger partial charge >= 0.3 is 0 Å². The molecule has 6 rings (SSSR count). The summed E-state index contributed by atoms with van der Waals surface area (Å²) in [5.41, 5.74) is 10.7. The molecule has 0 radical (unpaired) electrons. The van der Waals surface area contributed by atoms with Crippen LogP contribution < -0.4 is 11.0 Å². The normalized spacial score (nSPS) is 15.0. The number of rotatable bonds is 5. The summed E-state index contributed by atoms with van der Waals surface area (Å²) in [6.45, 7) is 0. The lowest BCUT2D eigenvalue weighted by Crippen LogP contribution is -2.21. The first-order chi connectivity index (χ1) is 18.0. The fourth-order valence-corrected chi connectivity index (χ4v) is 5.26. The minimum atomic E-state index is -0.139. The predicted octanol–water partition coefficient (Wildman–Crippen LogP) is 7.53. The van der Waals surface area contributed by atoms with Gasteiger partial charge in [0.25, 0.3) is 5.56 Å². The van der Waals surface area contributed by atoms with E-state index in [0.717, 1.165) is 49.5 Å². The van der Waals surface area contributed by atoms with E-state index in [2.05, 4.69) is 51.9 Å². The monoisotopic (exact) mass is 523 g/mol. The highest BCUT2D eigenvalue weighted by atomic mass is 35.5. The van der Waals surface area contributed by atoms with Crippen LogP contribution in [0.25, 0.3) is 22.0 Å². The van der Waals surface area contributed by atoms with E-state index in [4.69, 9.17) is 23.2 Å². The van der Waals surface area contributed by atoms with Crippen molar-refractivity contribution in [3.8, 4) is 11.1 Å². The summed E-state index contributed by atoms with van der Waals surface area (Å²) in [5, 5.41) is 6.93. The van der Waals surface area contributed by atoms with Crippen LogP contribution in [0.15, 0.2) is 107 Å². The van der Waals surface area contributed by atoms with Gasteiger partial charge in [0.15, 0.2) is 0 Å². The number of nitrogens with zero attached hydrogens (tertiary/aromatic N) is 1. The predicted molar refractivity (Wildman–Crippen MR) is 153 cm³/mol. The molecule has 0 saturated carbocycles. The molecule has 6 heteroatoms. The van der Waals surface area contributed by atoms with Crippen molar-refractivity contribution < 1.29 is 0 Å². The van der Waals surface area contributed by atoms with Gasteiger partial charge in [0, 0.05) is 27.4 Å². The van der Waals surface area contributed by atoms with E-state index in [-0.39, 0.29) is 11.6 Å². The van der Waals surface area contributed by atoms with Gasteiger partial charge in [-0.2, -0.15) is 5.10 Å². The second-order valence-corrected chi connectivity index (χ2v) is 10.1. The number of hydrogen-bond acceptors (Lipinski definition) is 3. The summed E-state index contributed by atoms with van der Waals surface area (Å²) in [5.74, 6) is 0. The summed E-state index contributed by atoms with van der Waals surface area (Å²) in [6, 6.07) is 31.9.